The molecule has 5 rings (SSSR count). The van der Waals surface area contributed by atoms with E-state index in [1.54, 1.807) is 30.3 Å². The molecule has 2 N–H and O–H groups in total. The lowest BCUT2D eigenvalue weighted by Crippen LogP contribution is -2.28. The Morgan fingerprint density at radius 2 is 1.37 bits per heavy atom. The van der Waals surface area contributed by atoms with Crippen molar-refractivity contribution in [3.63, 3.8) is 0 Å². The van der Waals surface area contributed by atoms with Gasteiger partial charge in [0.05, 0.1) is 23.3 Å². The fraction of sp³-hybridized carbons (Fsp3) is 0.0370. The number of halogens is 2. The average Bonchev–Trinajstić information content (AvgIpc) is 2.88. The molecule has 172 valence electrons. The molecule has 2 aromatic heterocycles. The molecule has 0 fully saturated rings. The van der Waals surface area contributed by atoms with Crippen LogP contribution in [0.2, 0.25) is 0 Å². The summed E-state index contributed by atoms with van der Waals surface area (Å²) < 4.78 is 27.0. The van der Waals surface area contributed by atoms with E-state index in [4.69, 9.17) is 4.98 Å². The first kappa shape index (κ1) is 22.1. The highest BCUT2D eigenvalue weighted by Gasteiger charge is 2.15. The molecule has 0 spiro atoms. The summed E-state index contributed by atoms with van der Waals surface area (Å²) in [5, 5.41) is 5.55. The highest BCUT2D eigenvalue weighted by Crippen LogP contribution is 2.31. The van der Waals surface area contributed by atoms with Crippen LogP contribution in [0.1, 0.15) is 5.56 Å². The summed E-state index contributed by atoms with van der Waals surface area (Å²) in [6, 6.07) is 22.6. The summed E-state index contributed by atoms with van der Waals surface area (Å²) in [7, 11) is 0. The number of hydrogen-bond acceptors (Lipinski definition) is 4. The van der Waals surface area contributed by atoms with Crippen LogP contribution in [0.15, 0.2) is 91.1 Å². The molecule has 5 aromatic rings. The number of nitrogens with one attached hydrogen (secondary N) is 2. The van der Waals surface area contributed by atoms with Crippen molar-refractivity contribution in [1.29, 1.82) is 0 Å². The summed E-state index contributed by atoms with van der Waals surface area (Å²) in [6.45, 7) is 0.378. The maximum Gasteiger partial charge on any atom is 0.319 e. The molecule has 0 aliphatic heterocycles. The minimum atomic E-state index is -0.385. The number of benzene rings is 3. The number of pyridine rings is 1. The Balaban J connectivity index is 1.48. The van der Waals surface area contributed by atoms with Crippen LogP contribution in [0.5, 0.6) is 0 Å². The molecule has 0 saturated heterocycles. The van der Waals surface area contributed by atoms with E-state index in [0.29, 0.717) is 45.9 Å². The van der Waals surface area contributed by atoms with Gasteiger partial charge in [-0.2, -0.15) is 0 Å². The van der Waals surface area contributed by atoms with Gasteiger partial charge >= 0.3 is 6.03 Å². The van der Waals surface area contributed by atoms with E-state index in [1.165, 1.54) is 30.5 Å². The van der Waals surface area contributed by atoms with E-state index in [-0.39, 0.29) is 17.7 Å². The standard InChI is InChI=1S/C27H19F2N5O/c28-20-10-6-18(7-11-20)24-25(19-8-12-21(29)13-9-19)34-26-23(33-24)14-22(16-30-26)32-27(35)31-15-17-4-2-1-3-5-17/h1-14,16H,15H2,(H2,31,32,35). The predicted molar refractivity (Wildman–Crippen MR) is 130 cm³/mol. The number of carbonyl (C=O) groups is 1. The summed E-state index contributed by atoms with van der Waals surface area (Å²) in [4.78, 5) is 26.1. The van der Waals surface area contributed by atoms with Gasteiger partial charge in [-0.15, -0.1) is 0 Å². The van der Waals surface area contributed by atoms with Gasteiger partial charge in [-0.05, 0) is 60.2 Å². The number of carbonyl (C=O) groups excluding carboxylic acids is 1. The van der Waals surface area contributed by atoms with Crippen molar-refractivity contribution < 1.29 is 13.6 Å². The van der Waals surface area contributed by atoms with Gasteiger partial charge in [-0.1, -0.05) is 30.3 Å². The van der Waals surface area contributed by atoms with Crippen molar-refractivity contribution >= 4 is 22.9 Å². The zero-order chi connectivity index (χ0) is 24.2. The number of nitrogens with zero attached hydrogens (tertiary/aromatic N) is 3. The Hall–Kier alpha value is -4.72. The fourth-order valence-electron chi connectivity index (χ4n) is 3.59. The summed E-state index contributed by atoms with van der Waals surface area (Å²) >= 11 is 0. The molecule has 35 heavy (non-hydrogen) atoms. The second-order valence-electron chi connectivity index (χ2n) is 7.79. The van der Waals surface area contributed by atoms with Crippen LogP contribution >= 0.6 is 0 Å². The number of fused-ring (bicyclic) bond motifs is 1. The smallest absolute Gasteiger partial charge is 0.319 e. The molecule has 2 heterocycles. The van der Waals surface area contributed by atoms with Crippen molar-refractivity contribution in [2.75, 3.05) is 5.32 Å². The predicted octanol–water partition coefficient (Wildman–Crippen LogP) is 5.96. The number of anilines is 1. The Bertz CT molecular complexity index is 1490. The van der Waals surface area contributed by atoms with Gasteiger partial charge in [0, 0.05) is 17.7 Å². The van der Waals surface area contributed by atoms with Gasteiger partial charge < -0.3 is 10.6 Å². The Morgan fingerprint density at radius 1 is 0.771 bits per heavy atom. The highest BCUT2D eigenvalue weighted by molar-refractivity contribution is 5.92. The van der Waals surface area contributed by atoms with E-state index >= 15 is 0 Å². The average molecular weight is 467 g/mol. The summed E-state index contributed by atoms with van der Waals surface area (Å²) in [5.74, 6) is -0.745. The van der Waals surface area contributed by atoms with Crippen LogP contribution in [0.25, 0.3) is 33.7 Å². The van der Waals surface area contributed by atoms with Gasteiger partial charge in [0.15, 0.2) is 5.65 Å². The molecular formula is C27H19F2N5O. The lowest BCUT2D eigenvalue weighted by Gasteiger charge is -2.12. The number of aromatic nitrogens is 3. The molecule has 8 heteroatoms. The first-order valence-corrected chi connectivity index (χ1v) is 10.8. The summed E-state index contributed by atoms with van der Waals surface area (Å²) in [6.07, 6.45) is 1.49. The molecule has 2 amide bonds. The normalized spacial score (nSPS) is 10.8. The van der Waals surface area contributed by atoms with E-state index in [9.17, 15) is 13.6 Å². The van der Waals surface area contributed by atoms with Gasteiger partial charge in [0.2, 0.25) is 0 Å². The van der Waals surface area contributed by atoms with E-state index in [1.807, 2.05) is 30.3 Å². The van der Waals surface area contributed by atoms with Gasteiger partial charge in [-0.25, -0.2) is 28.5 Å². The van der Waals surface area contributed by atoms with Crippen LogP contribution in [0.3, 0.4) is 0 Å². The molecule has 0 radical (unpaired) electrons. The fourth-order valence-corrected chi connectivity index (χ4v) is 3.59. The van der Waals surface area contributed by atoms with Crippen molar-refractivity contribution in [2.45, 2.75) is 6.54 Å². The zero-order valence-electron chi connectivity index (χ0n) is 18.4. The number of hydrogen-bond donors (Lipinski definition) is 2. The van der Waals surface area contributed by atoms with Crippen molar-refractivity contribution in [1.82, 2.24) is 20.3 Å². The third-order valence-electron chi connectivity index (χ3n) is 5.31. The number of amides is 2. The third kappa shape index (κ3) is 5.11. The molecule has 0 unspecified atom stereocenters. The monoisotopic (exact) mass is 467 g/mol. The first-order valence-electron chi connectivity index (χ1n) is 10.8. The molecule has 0 aliphatic carbocycles. The molecule has 3 aromatic carbocycles. The molecule has 0 atom stereocenters. The Kier molecular flexibility index (Phi) is 6.09. The molecule has 6 nitrogen and oxygen atoms in total. The van der Waals surface area contributed by atoms with Crippen LogP contribution in [-0.4, -0.2) is 21.0 Å². The van der Waals surface area contributed by atoms with Crippen LogP contribution in [-0.2, 0) is 6.54 Å². The first-order chi connectivity index (χ1) is 17.0. The molecule has 0 saturated carbocycles. The van der Waals surface area contributed by atoms with E-state index in [0.717, 1.165) is 5.56 Å². The van der Waals surface area contributed by atoms with E-state index in [2.05, 4.69) is 20.6 Å². The third-order valence-corrected chi connectivity index (χ3v) is 5.31. The zero-order valence-corrected chi connectivity index (χ0v) is 18.4. The number of urea groups is 1. The molecule has 0 bridgehead atoms. The topological polar surface area (TPSA) is 79.8 Å². The van der Waals surface area contributed by atoms with Gasteiger partial charge in [0.1, 0.15) is 17.2 Å². The second-order valence-corrected chi connectivity index (χ2v) is 7.79. The van der Waals surface area contributed by atoms with Gasteiger partial charge in [0.25, 0.3) is 0 Å². The summed E-state index contributed by atoms with van der Waals surface area (Å²) in [5.41, 5.74) is 4.46. The van der Waals surface area contributed by atoms with Crippen molar-refractivity contribution in [3.8, 4) is 22.5 Å². The van der Waals surface area contributed by atoms with Crippen LogP contribution in [0.4, 0.5) is 19.3 Å². The van der Waals surface area contributed by atoms with Crippen molar-refractivity contribution in [2.24, 2.45) is 0 Å². The van der Waals surface area contributed by atoms with Crippen LogP contribution < -0.4 is 10.6 Å². The highest BCUT2D eigenvalue weighted by atomic mass is 19.1. The number of rotatable bonds is 5. The lowest BCUT2D eigenvalue weighted by atomic mass is 10.0. The minimum absolute atomic E-state index is 0.352. The molecular weight excluding hydrogens is 448 g/mol. The Labute approximate surface area is 199 Å². The largest absolute Gasteiger partial charge is 0.334 e. The van der Waals surface area contributed by atoms with Crippen LogP contribution in [0, 0.1) is 11.6 Å². The SMILES string of the molecule is O=C(NCc1ccccc1)Nc1cnc2nc(-c3ccc(F)cc3)c(-c3ccc(F)cc3)nc2c1. The minimum Gasteiger partial charge on any atom is -0.334 e. The lowest BCUT2D eigenvalue weighted by molar-refractivity contribution is 0.251. The molecule has 0 aliphatic rings. The maximum absolute atomic E-state index is 13.5. The van der Waals surface area contributed by atoms with Crippen molar-refractivity contribution in [3.05, 3.63) is 108 Å². The second kappa shape index (κ2) is 9.64. The Morgan fingerprint density at radius 3 is 2.00 bits per heavy atom. The maximum atomic E-state index is 13.5. The van der Waals surface area contributed by atoms with E-state index < -0.39 is 0 Å². The quantitative estimate of drug-likeness (QED) is 0.334. The van der Waals surface area contributed by atoms with Gasteiger partial charge in [-0.3, -0.25) is 0 Å².